The number of nitrogens with zero attached hydrogens (tertiary/aromatic N) is 2. The fourth-order valence-corrected chi connectivity index (χ4v) is 4.17. The molecule has 0 aromatic heterocycles. The van der Waals surface area contributed by atoms with E-state index in [2.05, 4.69) is 4.90 Å². The standard InChI is InChI=1S/C26H23Cl3N2O2/c27-21-6-8-23(9-7-21)30-13-15-31(16-14-30)26(32)12-3-19-1-10-24(11-2-19)33-18-20-4-5-22(28)17-25(20)29/h1-12,17H,13-16,18H2. The van der Waals surface area contributed by atoms with Gasteiger partial charge in [0.1, 0.15) is 12.4 Å². The van der Waals surface area contributed by atoms with Gasteiger partial charge in [0, 0.05) is 58.6 Å². The number of benzene rings is 3. The summed E-state index contributed by atoms with van der Waals surface area (Å²) in [7, 11) is 0. The highest BCUT2D eigenvalue weighted by molar-refractivity contribution is 6.35. The zero-order valence-corrected chi connectivity index (χ0v) is 20.2. The molecule has 4 nitrogen and oxygen atoms in total. The molecule has 33 heavy (non-hydrogen) atoms. The first-order chi connectivity index (χ1) is 16.0. The summed E-state index contributed by atoms with van der Waals surface area (Å²) in [6.07, 6.45) is 3.45. The summed E-state index contributed by atoms with van der Waals surface area (Å²) >= 11 is 18.1. The number of piperazine rings is 1. The second-order valence-electron chi connectivity index (χ2n) is 7.72. The molecule has 0 radical (unpaired) electrons. The molecule has 170 valence electrons. The topological polar surface area (TPSA) is 32.8 Å². The molecule has 7 heteroatoms. The first-order valence-electron chi connectivity index (χ1n) is 10.6. The van der Waals surface area contributed by atoms with E-state index in [1.807, 2.05) is 65.6 Å². The molecule has 0 saturated carbocycles. The number of hydrogen-bond acceptors (Lipinski definition) is 3. The zero-order chi connectivity index (χ0) is 23.2. The predicted octanol–water partition coefficient (Wildman–Crippen LogP) is 6.59. The van der Waals surface area contributed by atoms with Crippen LogP contribution in [0.3, 0.4) is 0 Å². The number of halogens is 3. The Kier molecular flexibility index (Phi) is 7.81. The van der Waals surface area contributed by atoms with Crippen LogP contribution in [-0.2, 0) is 11.4 Å². The summed E-state index contributed by atoms with van der Waals surface area (Å²) in [6, 6.07) is 20.7. The number of anilines is 1. The zero-order valence-electron chi connectivity index (χ0n) is 17.9. The molecule has 0 atom stereocenters. The number of carbonyl (C=O) groups excluding carboxylic acids is 1. The smallest absolute Gasteiger partial charge is 0.246 e. The minimum absolute atomic E-state index is 0.0171. The molecule has 0 unspecified atom stereocenters. The average Bonchev–Trinajstić information content (AvgIpc) is 2.83. The maximum absolute atomic E-state index is 12.6. The lowest BCUT2D eigenvalue weighted by Crippen LogP contribution is -2.48. The molecule has 3 aromatic carbocycles. The van der Waals surface area contributed by atoms with Crippen LogP contribution in [0.1, 0.15) is 11.1 Å². The van der Waals surface area contributed by atoms with Gasteiger partial charge < -0.3 is 14.5 Å². The van der Waals surface area contributed by atoms with Crippen LogP contribution in [0.5, 0.6) is 5.75 Å². The van der Waals surface area contributed by atoms with Gasteiger partial charge in [-0.1, -0.05) is 53.0 Å². The Hall–Kier alpha value is -2.66. The number of carbonyl (C=O) groups is 1. The molecule has 0 aliphatic carbocycles. The van der Waals surface area contributed by atoms with Gasteiger partial charge in [0.2, 0.25) is 5.91 Å². The second kappa shape index (κ2) is 11.0. The maximum atomic E-state index is 12.6. The minimum atomic E-state index is 0.0171. The van der Waals surface area contributed by atoms with Crippen molar-refractivity contribution in [1.29, 1.82) is 0 Å². The van der Waals surface area contributed by atoms with Gasteiger partial charge in [-0.05, 0) is 60.2 Å². The van der Waals surface area contributed by atoms with E-state index in [4.69, 9.17) is 39.5 Å². The second-order valence-corrected chi connectivity index (χ2v) is 9.00. The monoisotopic (exact) mass is 500 g/mol. The van der Waals surface area contributed by atoms with Crippen molar-refractivity contribution in [3.63, 3.8) is 0 Å². The molecular weight excluding hydrogens is 479 g/mol. The molecule has 1 amide bonds. The SMILES string of the molecule is O=C(C=Cc1ccc(OCc2ccc(Cl)cc2Cl)cc1)N1CCN(c2ccc(Cl)cc2)CC1. The van der Waals surface area contributed by atoms with Gasteiger partial charge in [-0.25, -0.2) is 0 Å². The summed E-state index contributed by atoms with van der Waals surface area (Å²) in [5.41, 5.74) is 2.93. The highest BCUT2D eigenvalue weighted by Gasteiger charge is 2.19. The van der Waals surface area contributed by atoms with Crippen LogP contribution in [0.2, 0.25) is 15.1 Å². The Balaban J connectivity index is 1.26. The van der Waals surface area contributed by atoms with Gasteiger partial charge in [-0.3, -0.25) is 4.79 Å². The van der Waals surface area contributed by atoms with E-state index in [-0.39, 0.29) is 5.91 Å². The van der Waals surface area contributed by atoms with E-state index in [9.17, 15) is 4.79 Å². The molecule has 4 rings (SSSR count). The van der Waals surface area contributed by atoms with Crippen molar-refractivity contribution in [1.82, 2.24) is 4.90 Å². The molecule has 1 aliphatic heterocycles. The van der Waals surface area contributed by atoms with Crippen molar-refractivity contribution in [3.05, 3.63) is 99.0 Å². The van der Waals surface area contributed by atoms with Gasteiger partial charge in [0.05, 0.1) is 0 Å². The van der Waals surface area contributed by atoms with Gasteiger partial charge in [0.25, 0.3) is 0 Å². The van der Waals surface area contributed by atoms with E-state index in [0.29, 0.717) is 29.7 Å². The van der Waals surface area contributed by atoms with Crippen LogP contribution in [0.15, 0.2) is 72.8 Å². The largest absolute Gasteiger partial charge is 0.489 e. The number of rotatable bonds is 6. The van der Waals surface area contributed by atoms with Gasteiger partial charge in [-0.2, -0.15) is 0 Å². The molecule has 1 saturated heterocycles. The lowest BCUT2D eigenvalue weighted by Gasteiger charge is -2.35. The predicted molar refractivity (Wildman–Crippen MR) is 137 cm³/mol. The summed E-state index contributed by atoms with van der Waals surface area (Å²) in [5, 5.41) is 1.90. The average molecular weight is 502 g/mol. The molecule has 0 spiro atoms. The quantitative estimate of drug-likeness (QED) is 0.357. The lowest BCUT2D eigenvalue weighted by molar-refractivity contribution is -0.126. The molecule has 3 aromatic rings. The first kappa shape index (κ1) is 23.5. The van der Waals surface area contributed by atoms with Gasteiger partial charge in [0.15, 0.2) is 0 Å². The summed E-state index contributed by atoms with van der Waals surface area (Å²) in [6.45, 7) is 3.32. The van der Waals surface area contributed by atoms with Crippen molar-refractivity contribution in [2.24, 2.45) is 0 Å². The fourth-order valence-electron chi connectivity index (χ4n) is 3.58. The Morgan fingerprint density at radius 1 is 0.848 bits per heavy atom. The molecule has 0 N–H and O–H groups in total. The van der Waals surface area contributed by atoms with Crippen LogP contribution in [0, 0.1) is 0 Å². The Morgan fingerprint density at radius 3 is 2.18 bits per heavy atom. The third-order valence-corrected chi connectivity index (χ3v) is 6.33. The van der Waals surface area contributed by atoms with Gasteiger partial charge in [-0.15, -0.1) is 0 Å². The normalized spacial score (nSPS) is 14.0. The molecular formula is C26H23Cl3N2O2. The minimum Gasteiger partial charge on any atom is -0.489 e. The van der Waals surface area contributed by atoms with Crippen LogP contribution < -0.4 is 9.64 Å². The molecule has 1 aliphatic rings. The third-order valence-electron chi connectivity index (χ3n) is 5.49. The number of amides is 1. The molecule has 1 heterocycles. The molecule has 0 bridgehead atoms. The van der Waals surface area contributed by atoms with Gasteiger partial charge >= 0.3 is 0 Å². The first-order valence-corrected chi connectivity index (χ1v) is 11.8. The van der Waals surface area contributed by atoms with Crippen LogP contribution in [0.25, 0.3) is 6.08 Å². The van der Waals surface area contributed by atoms with Crippen LogP contribution in [0.4, 0.5) is 5.69 Å². The Bertz CT molecular complexity index is 1120. The summed E-state index contributed by atoms with van der Waals surface area (Å²) in [5.74, 6) is 0.742. The highest BCUT2D eigenvalue weighted by Crippen LogP contribution is 2.23. The van der Waals surface area contributed by atoms with Crippen molar-refractivity contribution in [2.75, 3.05) is 31.1 Å². The summed E-state index contributed by atoms with van der Waals surface area (Å²) < 4.78 is 5.80. The summed E-state index contributed by atoms with van der Waals surface area (Å²) in [4.78, 5) is 16.7. The Morgan fingerprint density at radius 2 is 1.52 bits per heavy atom. The van der Waals surface area contributed by atoms with Crippen molar-refractivity contribution < 1.29 is 9.53 Å². The van der Waals surface area contributed by atoms with E-state index in [0.717, 1.165) is 40.7 Å². The van der Waals surface area contributed by atoms with E-state index in [1.54, 1.807) is 18.2 Å². The van der Waals surface area contributed by atoms with Crippen LogP contribution in [-0.4, -0.2) is 37.0 Å². The van der Waals surface area contributed by atoms with E-state index in [1.165, 1.54) is 0 Å². The van der Waals surface area contributed by atoms with Crippen molar-refractivity contribution >= 4 is 52.5 Å². The Labute approximate surface area is 208 Å². The highest BCUT2D eigenvalue weighted by atomic mass is 35.5. The molecule has 1 fully saturated rings. The van der Waals surface area contributed by atoms with E-state index < -0.39 is 0 Å². The van der Waals surface area contributed by atoms with Crippen LogP contribution >= 0.6 is 34.8 Å². The maximum Gasteiger partial charge on any atom is 0.246 e. The third kappa shape index (κ3) is 6.44. The number of hydrogen-bond donors (Lipinski definition) is 0. The van der Waals surface area contributed by atoms with Crippen molar-refractivity contribution in [3.8, 4) is 5.75 Å². The lowest BCUT2D eigenvalue weighted by atomic mass is 10.2. The number of ether oxygens (including phenoxy) is 1. The van der Waals surface area contributed by atoms with E-state index >= 15 is 0 Å². The van der Waals surface area contributed by atoms with Crippen molar-refractivity contribution in [2.45, 2.75) is 6.61 Å². The fraction of sp³-hybridized carbons (Fsp3) is 0.192.